The van der Waals surface area contributed by atoms with Crippen LogP contribution < -0.4 is 5.32 Å². The summed E-state index contributed by atoms with van der Waals surface area (Å²) < 4.78 is 46.5. The van der Waals surface area contributed by atoms with Gasteiger partial charge in [-0.15, -0.1) is 0 Å². The Labute approximate surface area is 77.4 Å². The van der Waals surface area contributed by atoms with E-state index in [1.165, 1.54) is 0 Å². The highest BCUT2D eigenvalue weighted by Gasteiger charge is 2.40. The molecule has 0 radical (unpaired) electrons. The Morgan fingerprint density at radius 1 is 1.38 bits per heavy atom. The van der Waals surface area contributed by atoms with Crippen molar-refractivity contribution in [2.45, 2.75) is 19.1 Å². The van der Waals surface area contributed by atoms with Crippen LogP contribution in [-0.4, -0.2) is 33.0 Å². The second-order valence-corrected chi connectivity index (χ2v) is 5.58. The van der Waals surface area contributed by atoms with Gasteiger partial charge < -0.3 is 5.32 Å². The molecule has 0 aromatic carbocycles. The summed E-state index contributed by atoms with van der Waals surface area (Å²) in [5.74, 6) is 0.218. The summed E-state index contributed by atoms with van der Waals surface area (Å²) in [7, 11) is -4.30. The Morgan fingerprint density at radius 2 is 1.85 bits per heavy atom. The van der Waals surface area contributed by atoms with Gasteiger partial charge in [-0.25, -0.2) is 8.42 Å². The standard InChI is InChI=1S/C7H15F2NO2S/c1-6(2)4-10-5-7(8,9)13(3,11)12/h6,10H,4-5H2,1-3H3. The topological polar surface area (TPSA) is 46.2 Å². The summed E-state index contributed by atoms with van der Waals surface area (Å²) in [5, 5.41) is -1.26. The van der Waals surface area contributed by atoms with Crippen LogP contribution in [0.2, 0.25) is 0 Å². The predicted molar refractivity (Wildman–Crippen MR) is 47.5 cm³/mol. The number of sulfone groups is 1. The fourth-order valence-corrected chi connectivity index (χ4v) is 1.00. The lowest BCUT2D eigenvalue weighted by Gasteiger charge is -2.15. The summed E-state index contributed by atoms with van der Waals surface area (Å²) in [6.07, 6.45) is 0.532. The third kappa shape index (κ3) is 4.52. The van der Waals surface area contributed by atoms with Crippen molar-refractivity contribution in [3.63, 3.8) is 0 Å². The van der Waals surface area contributed by atoms with Crippen molar-refractivity contribution < 1.29 is 17.2 Å². The minimum absolute atomic E-state index is 0.218. The van der Waals surface area contributed by atoms with Gasteiger partial charge in [0.05, 0.1) is 6.54 Å². The average molecular weight is 215 g/mol. The van der Waals surface area contributed by atoms with E-state index in [0.717, 1.165) is 0 Å². The summed E-state index contributed by atoms with van der Waals surface area (Å²) in [6.45, 7) is 3.27. The Kier molecular flexibility index (Phi) is 4.25. The first kappa shape index (κ1) is 12.8. The summed E-state index contributed by atoms with van der Waals surface area (Å²) in [4.78, 5) is 0. The fourth-order valence-electron chi connectivity index (χ4n) is 0.637. The third-order valence-electron chi connectivity index (χ3n) is 1.43. The normalized spacial score (nSPS) is 13.7. The van der Waals surface area contributed by atoms with Gasteiger partial charge in [-0.2, -0.15) is 8.78 Å². The van der Waals surface area contributed by atoms with Crippen LogP contribution in [0.25, 0.3) is 0 Å². The third-order valence-corrected chi connectivity index (χ3v) is 2.66. The van der Waals surface area contributed by atoms with Crippen LogP contribution in [0.15, 0.2) is 0 Å². The first-order valence-electron chi connectivity index (χ1n) is 3.95. The van der Waals surface area contributed by atoms with E-state index in [1.807, 2.05) is 13.8 Å². The Balaban J connectivity index is 4.06. The zero-order valence-electron chi connectivity index (χ0n) is 7.97. The Bertz CT molecular complexity index is 249. The van der Waals surface area contributed by atoms with Crippen LogP contribution in [0.3, 0.4) is 0 Å². The molecule has 13 heavy (non-hydrogen) atoms. The molecular formula is C7H15F2NO2S. The van der Waals surface area contributed by atoms with E-state index < -0.39 is 21.6 Å². The maximum absolute atomic E-state index is 12.7. The van der Waals surface area contributed by atoms with Crippen LogP contribution in [0.5, 0.6) is 0 Å². The number of alkyl halides is 2. The summed E-state index contributed by atoms with van der Waals surface area (Å²) >= 11 is 0. The number of nitrogens with one attached hydrogen (secondary N) is 1. The molecule has 0 unspecified atom stereocenters. The van der Waals surface area contributed by atoms with Gasteiger partial charge in [-0.05, 0) is 12.5 Å². The molecule has 0 atom stereocenters. The lowest BCUT2D eigenvalue weighted by molar-refractivity contribution is 0.0912. The van der Waals surface area contributed by atoms with Crippen molar-refractivity contribution in [2.24, 2.45) is 5.92 Å². The number of halogens is 2. The van der Waals surface area contributed by atoms with E-state index >= 15 is 0 Å². The molecule has 0 fully saturated rings. The molecule has 0 aromatic rings. The van der Waals surface area contributed by atoms with Crippen LogP contribution >= 0.6 is 0 Å². The average Bonchev–Trinajstić information content (AvgIpc) is 1.82. The minimum atomic E-state index is -4.30. The van der Waals surface area contributed by atoms with E-state index in [9.17, 15) is 17.2 Å². The van der Waals surface area contributed by atoms with Crippen LogP contribution in [0.1, 0.15) is 13.8 Å². The van der Waals surface area contributed by atoms with Gasteiger partial charge in [-0.1, -0.05) is 13.8 Å². The summed E-state index contributed by atoms with van der Waals surface area (Å²) in [5.41, 5.74) is 0. The van der Waals surface area contributed by atoms with E-state index in [2.05, 4.69) is 5.32 Å². The van der Waals surface area contributed by atoms with E-state index in [-0.39, 0.29) is 5.92 Å². The van der Waals surface area contributed by atoms with E-state index in [4.69, 9.17) is 0 Å². The van der Waals surface area contributed by atoms with Gasteiger partial charge in [0, 0.05) is 6.26 Å². The Morgan fingerprint density at radius 3 is 2.15 bits per heavy atom. The molecule has 0 rings (SSSR count). The molecule has 80 valence electrons. The maximum Gasteiger partial charge on any atom is 0.357 e. The molecular weight excluding hydrogens is 200 g/mol. The molecule has 0 amide bonds. The summed E-state index contributed by atoms with van der Waals surface area (Å²) in [6, 6.07) is 0. The van der Waals surface area contributed by atoms with E-state index in [1.54, 1.807) is 0 Å². The second kappa shape index (κ2) is 4.32. The van der Waals surface area contributed by atoms with Gasteiger partial charge >= 0.3 is 5.25 Å². The van der Waals surface area contributed by atoms with Crippen molar-refractivity contribution in [1.29, 1.82) is 0 Å². The molecule has 0 heterocycles. The first-order chi connectivity index (χ1) is 5.67. The Hall–Kier alpha value is -0.230. The highest BCUT2D eigenvalue weighted by Crippen LogP contribution is 2.19. The van der Waals surface area contributed by atoms with Gasteiger partial charge in [-0.3, -0.25) is 0 Å². The molecule has 3 nitrogen and oxygen atoms in total. The molecule has 0 aliphatic rings. The molecule has 6 heteroatoms. The monoisotopic (exact) mass is 215 g/mol. The highest BCUT2D eigenvalue weighted by atomic mass is 32.2. The molecule has 0 aliphatic heterocycles. The first-order valence-corrected chi connectivity index (χ1v) is 5.84. The quantitative estimate of drug-likeness (QED) is 0.740. The molecule has 0 spiro atoms. The van der Waals surface area contributed by atoms with Crippen molar-refractivity contribution >= 4 is 9.84 Å². The maximum atomic E-state index is 12.7. The SMILES string of the molecule is CC(C)CNCC(F)(F)S(C)(=O)=O. The van der Waals surface area contributed by atoms with Gasteiger partial charge in [0.2, 0.25) is 9.84 Å². The van der Waals surface area contributed by atoms with Gasteiger partial charge in [0.15, 0.2) is 0 Å². The molecule has 0 aliphatic carbocycles. The van der Waals surface area contributed by atoms with Gasteiger partial charge in [0.25, 0.3) is 0 Å². The van der Waals surface area contributed by atoms with Crippen LogP contribution in [0, 0.1) is 5.92 Å². The minimum Gasteiger partial charge on any atom is -0.310 e. The predicted octanol–water partition coefficient (Wildman–Crippen LogP) is 0.869. The zero-order chi connectivity index (χ0) is 10.7. The molecule has 0 saturated carbocycles. The molecule has 0 bridgehead atoms. The highest BCUT2D eigenvalue weighted by molar-refractivity contribution is 7.91. The largest absolute Gasteiger partial charge is 0.357 e. The molecule has 0 saturated heterocycles. The van der Waals surface area contributed by atoms with Crippen LogP contribution in [-0.2, 0) is 9.84 Å². The van der Waals surface area contributed by atoms with Crippen molar-refractivity contribution in [3.8, 4) is 0 Å². The number of hydrogen-bond acceptors (Lipinski definition) is 3. The number of hydrogen-bond donors (Lipinski definition) is 1. The van der Waals surface area contributed by atoms with Crippen molar-refractivity contribution in [2.75, 3.05) is 19.3 Å². The molecule has 0 aromatic heterocycles. The van der Waals surface area contributed by atoms with E-state index in [0.29, 0.717) is 12.8 Å². The van der Waals surface area contributed by atoms with Crippen molar-refractivity contribution in [3.05, 3.63) is 0 Å². The van der Waals surface area contributed by atoms with Crippen molar-refractivity contribution in [1.82, 2.24) is 5.32 Å². The lowest BCUT2D eigenvalue weighted by Crippen LogP contribution is -2.40. The lowest BCUT2D eigenvalue weighted by atomic mass is 10.2. The molecule has 1 N–H and O–H groups in total. The smallest absolute Gasteiger partial charge is 0.310 e. The zero-order valence-corrected chi connectivity index (χ0v) is 8.79. The number of rotatable bonds is 5. The van der Waals surface area contributed by atoms with Gasteiger partial charge in [0.1, 0.15) is 0 Å². The second-order valence-electron chi connectivity index (χ2n) is 3.43. The fraction of sp³-hybridized carbons (Fsp3) is 1.00. The van der Waals surface area contributed by atoms with Crippen LogP contribution in [0.4, 0.5) is 8.78 Å².